The molecular formula is C18H21N5O3. The molecule has 3 rings (SSSR count). The Bertz CT molecular complexity index is 839. The van der Waals surface area contributed by atoms with Crippen LogP contribution in [-0.2, 0) is 9.53 Å². The molecule has 2 heterocycles. The van der Waals surface area contributed by atoms with Gasteiger partial charge in [-0.1, -0.05) is 0 Å². The first-order valence-electron chi connectivity index (χ1n) is 8.34. The Labute approximate surface area is 151 Å². The van der Waals surface area contributed by atoms with Crippen LogP contribution >= 0.6 is 0 Å². The molecule has 0 atom stereocenters. The first-order valence-corrected chi connectivity index (χ1v) is 8.34. The van der Waals surface area contributed by atoms with Crippen LogP contribution in [0.15, 0.2) is 24.9 Å². The van der Waals surface area contributed by atoms with Crippen LogP contribution < -0.4 is 0 Å². The van der Waals surface area contributed by atoms with Crippen LogP contribution in [0.1, 0.15) is 46.8 Å². The molecule has 0 saturated heterocycles. The second kappa shape index (κ2) is 7.47. The molecule has 0 N–H and O–H groups in total. The summed E-state index contributed by atoms with van der Waals surface area (Å²) in [4.78, 5) is 34.1. The molecule has 0 radical (unpaired) electrons. The van der Waals surface area contributed by atoms with Crippen LogP contribution in [0.2, 0.25) is 0 Å². The summed E-state index contributed by atoms with van der Waals surface area (Å²) in [5.41, 5.74) is 1.76. The van der Waals surface area contributed by atoms with Crippen LogP contribution in [-0.4, -0.2) is 57.9 Å². The zero-order valence-corrected chi connectivity index (χ0v) is 15.0. The van der Waals surface area contributed by atoms with E-state index >= 15 is 0 Å². The number of rotatable bonds is 8. The molecule has 2 aromatic rings. The molecular weight excluding hydrogens is 334 g/mol. The number of carbonyl (C=O) groups excluding carboxylic acids is 2. The third-order valence-corrected chi connectivity index (χ3v) is 4.08. The maximum absolute atomic E-state index is 12.7. The number of aromatic nitrogens is 4. The van der Waals surface area contributed by atoms with E-state index in [1.807, 2.05) is 25.1 Å². The lowest BCUT2D eigenvalue weighted by atomic mass is 9.96. The fourth-order valence-electron chi connectivity index (χ4n) is 2.81. The maximum atomic E-state index is 12.7. The van der Waals surface area contributed by atoms with Crippen molar-refractivity contribution in [2.75, 3.05) is 21.2 Å². The van der Waals surface area contributed by atoms with Gasteiger partial charge in [0.2, 0.25) is 0 Å². The molecule has 1 aliphatic carbocycles. The van der Waals surface area contributed by atoms with Gasteiger partial charge in [-0.15, -0.1) is 0 Å². The third-order valence-electron chi connectivity index (χ3n) is 4.08. The molecule has 1 fully saturated rings. The monoisotopic (exact) mass is 355 g/mol. The van der Waals surface area contributed by atoms with E-state index < -0.39 is 0 Å². The Morgan fingerprint density at radius 1 is 1.42 bits per heavy atom. The third kappa shape index (κ3) is 3.63. The second-order valence-corrected chi connectivity index (χ2v) is 6.36. The van der Waals surface area contributed by atoms with Crippen molar-refractivity contribution < 1.29 is 14.3 Å². The Kier molecular flexibility index (Phi) is 5.11. The minimum absolute atomic E-state index is 0.184. The lowest BCUT2D eigenvalue weighted by Gasteiger charge is -2.17. The van der Waals surface area contributed by atoms with E-state index in [4.69, 9.17) is 4.74 Å². The van der Waals surface area contributed by atoms with Gasteiger partial charge in [0.1, 0.15) is 24.6 Å². The fourth-order valence-corrected chi connectivity index (χ4v) is 2.81. The fraction of sp³-hybridized carbons (Fsp3) is 0.389. The summed E-state index contributed by atoms with van der Waals surface area (Å²) in [6.45, 7) is 0. The van der Waals surface area contributed by atoms with E-state index in [-0.39, 0.29) is 18.1 Å². The average Bonchev–Trinajstić information content (AvgIpc) is 3.32. The molecule has 8 nitrogen and oxygen atoms in total. The Hall–Kier alpha value is -3.03. The second-order valence-electron chi connectivity index (χ2n) is 6.36. The minimum atomic E-state index is -0.253. The molecule has 0 unspecified atom stereocenters. The molecule has 0 spiro atoms. The molecule has 1 saturated carbocycles. The number of aldehydes is 1. The first kappa shape index (κ1) is 17.8. The van der Waals surface area contributed by atoms with Crippen molar-refractivity contribution in [1.29, 1.82) is 0 Å². The van der Waals surface area contributed by atoms with Gasteiger partial charge in [-0.2, -0.15) is 5.10 Å². The summed E-state index contributed by atoms with van der Waals surface area (Å²) in [6.07, 6.45) is 7.17. The van der Waals surface area contributed by atoms with Crippen molar-refractivity contribution in [1.82, 2.24) is 24.6 Å². The number of hydrogen-bond donors (Lipinski definition) is 0. The summed E-state index contributed by atoms with van der Waals surface area (Å²) in [5, 5.41) is 4.14. The Morgan fingerprint density at radius 3 is 2.73 bits per heavy atom. The van der Waals surface area contributed by atoms with Gasteiger partial charge in [-0.05, 0) is 30.4 Å². The van der Waals surface area contributed by atoms with Gasteiger partial charge in [0.25, 0.3) is 0 Å². The van der Waals surface area contributed by atoms with Gasteiger partial charge >= 0.3 is 0 Å². The highest BCUT2D eigenvalue weighted by atomic mass is 16.5. The predicted octanol–water partition coefficient (Wildman–Crippen LogP) is 1.82. The average molecular weight is 355 g/mol. The largest absolute Gasteiger partial charge is 0.493 e. The van der Waals surface area contributed by atoms with Crippen LogP contribution in [0.5, 0.6) is 0 Å². The molecule has 8 heteroatoms. The van der Waals surface area contributed by atoms with Crippen LogP contribution in [0, 0.1) is 0 Å². The SMILES string of the molecule is CO/C(=C/N(C)C)c1nc(-n2cncn2)cc(C2CC2)c1C(=O)CC=O. The number of methoxy groups -OCH3 is 1. The summed E-state index contributed by atoms with van der Waals surface area (Å²) >= 11 is 0. The molecule has 0 amide bonds. The van der Waals surface area contributed by atoms with E-state index in [1.165, 1.54) is 13.4 Å². The summed E-state index contributed by atoms with van der Waals surface area (Å²) in [5.74, 6) is 1.04. The van der Waals surface area contributed by atoms with Gasteiger partial charge in [-0.3, -0.25) is 4.79 Å². The van der Waals surface area contributed by atoms with Crippen molar-refractivity contribution in [2.24, 2.45) is 0 Å². The zero-order valence-electron chi connectivity index (χ0n) is 15.0. The molecule has 2 aromatic heterocycles. The van der Waals surface area contributed by atoms with Crippen molar-refractivity contribution in [3.8, 4) is 5.82 Å². The highest BCUT2D eigenvalue weighted by Gasteiger charge is 2.32. The lowest BCUT2D eigenvalue weighted by Crippen LogP contribution is -2.15. The molecule has 0 bridgehead atoms. The van der Waals surface area contributed by atoms with E-state index in [1.54, 1.807) is 17.2 Å². The van der Waals surface area contributed by atoms with E-state index in [9.17, 15) is 9.59 Å². The Morgan fingerprint density at radius 2 is 2.19 bits per heavy atom. The Balaban J connectivity index is 2.26. The number of pyridine rings is 1. The zero-order chi connectivity index (χ0) is 18.7. The van der Waals surface area contributed by atoms with Gasteiger partial charge in [0, 0.05) is 20.3 Å². The maximum Gasteiger partial charge on any atom is 0.172 e. The van der Waals surface area contributed by atoms with Crippen LogP contribution in [0.4, 0.5) is 0 Å². The summed E-state index contributed by atoms with van der Waals surface area (Å²) < 4.78 is 7.06. The molecule has 26 heavy (non-hydrogen) atoms. The molecule has 0 aliphatic heterocycles. The van der Waals surface area contributed by atoms with Gasteiger partial charge in [-0.25, -0.2) is 14.6 Å². The number of ketones is 1. The van der Waals surface area contributed by atoms with E-state index in [0.29, 0.717) is 29.1 Å². The quantitative estimate of drug-likeness (QED) is 0.309. The van der Waals surface area contributed by atoms with E-state index in [0.717, 1.165) is 18.4 Å². The van der Waals surface area contributed by atoms with Gasteiger partial charge in [0.05, 0.1) is 19.1 Å². The van der Waals surface area contributed by atoms with Crippen LogP contribution in [0.25, 0.3) is 11.6 Å². The van der Waals surface area contributed by atoms with Crippen molar-refractivity contribution >= 4 is 17.8 Å². The lowest BCUT2D eigenvalue weighted by molar-refractivity contribution is -0.107. The molecule has 1 aliphatic rings. The molecule has 0 aromatic carbocycles. The number of hydrogen-bond acceptors (Lipinski definition) is 7. The topological polar surface area (TPSA) is 90.2 Å². The number of Topliss-reactive ketones (excluding diaryl/α,β-unsaturated/α-hetero) is 1. The summed E-state index contributed by atoms with van der Waals surface area (Å²) in [7, 11) is 5.24. The number of ether oxygens (including phenoxy) is 1. The standard InChI is InChI=1S/C18H21N5O3/c1-22(2)9-15(26-3)18-17(14(25)6-7-24)13(12-4-5-12)8-16(21-18)23-11-19-10-20-23/h7-12H,4-6H2,1-3H3/b15-9+. The first-order chi connectivity index (χ1) is 12.5. The predicted molar refractivity (Wildman–Crippen MR) is 94.8 cm³/mol. The number of nitrogens with zero attached hydrogens (tertiary/aromatic N) is 5. The van der Waals surface area contributed by atoms with E-state index in [2.05, 4.69) is 15.1 Å². The van der Waals surface area contributed by atoms with Crippen molar-refractivity contribution in [2.45, 2.75) is 25.2 Å². The van der Waals surface area contributed by atoms with Crippen molar-refractivity contribution in [3.63, 3.8) is 0 Å². The summed E-state index contributed by atoms with van der Waals surface area (Å²) in [6, 6.07) is 1.86. The highest BCUT2D eigenvalue weighted by Crippen LogP contribution is 2.43. The smallest absolute Gasteiger partial charge is 0.172 e. The van der Waals surface area contributed by atoms with Crippen molar-refractivity contribution in [3.05, 3.63) is 41.7 Å². The normalized spacial score (nSPS) is 14.2. The van der Waals surface area contributed by atoms with Gasteiger partial charge < -0.3 is 14.4 Å². The number of carbonyl (C=O) groups is 2. The van der Waals surface area contributed by atoms with Crippen LogP contribution in [0.3, 0.4) is 0 Å². The van der Waals surface area contributed by atoms with Gasteiger partial charge in [0.15, 0.2) is 17.4 Å². The molecule has 136 valence electrons. The highest BCUT2D eigenvalue weighted by molar-refractivity contribution is 6.06. The minimum Gasteiger partial charge on any atom is -0.493 e.